The van der Waals surface area contributed by atoms with Gasteiger partial charge >= 0.3 is 33.6 Å². The van der Waals surface area contributed by atoms with Gasteiger partial charge in [0, 0.05) is 19.3 Å². The predicted molar refractivity (Wildman–Crippen MR) is 344 cm³/mol. The Bertz CT molecular complexity index is 1850. The first-order valence-corrected chi connectivity index (χ1v) is 36.2. The topological polar surface area (TPSA) is 231 Å². The lowest BCUT2D eigenvalue weighted by molar-refractivity contribution is -0.161. The molecule has 0 saturated heterocycles. The third kappa shape index (κ3) is 62.4. The van der Waals surface area contributed by atoms with Gasteiger partial charge < -0.3 is 34.2 Å². The van der Waals surface area contributed by atoms with E-state index in [-0.39, 0.29) is 19.3 Å². The van der Waals surface area contributed by atoms with E-state index in [1.165, 1.54) is 64.2 Å². The van der Waals surface area contributed by atoms with Gasteiger partial charge in [0.1, 0.15) is 25.4 Å². The SMILES string of the molecule is CC/C=C\C/C=C\C/C=C\CCCCCCCCCC(=O)OCC(O)COP(=O)(O)OCC(O)COP(=O)(O)OCC(COC(=O)CCCCCCCCC/C=C\C/C=C\C/C=C\CC)OC(=O)CCCCCCCCCCCCCCCCC. The molecule has 0 aromatic heterocycles. The van der Waals surface area contributed by atoms with Crippen LogP contribution < -0.4 is 0 Å². The molecule has 0 fully saturated rings. The number of unbranched alkanes of at least 4 members (excludes halogenated alkanes) is 28. The molecular formula is C67H120O16P2. The summed E-state index contributed by atoms with van der Waals surface area (Å²) in [7, 11) is -9.77. The normalized spacial score (nSPS) is 14.8. The van der Waals surface area contributed by atoms with Gasteiger partial charge in [0.05, 0.1) is 26.4 Å². The molecule has 0 saturated carbocycles. The van der Waals surface area contributed by atoms with Gasteiger partial charge in [0.2, 0.25) is 0 Å². The van der Waals surface area contributed by atoms with Crippen molar-refractivity contribution in [3.8, 4) is 0 Å². The van der Waals surface area contributed by atoms with Crippen LogP contribution in [0.3, 0.4) is 0 Å². The zero-order valence-corrected chi connectivity index (χ0v) is 55.1. The quantitative estimate of drug-likeness (QED) is 0.0146. The number of carbonyl (C=O) groups is 3. The average molecular weight is 1240 g/mol. The van der Waals surface area contributed by atoms with Crippen LogP contribution in [0.25, 0.3) is 0 Å². The highest BCUT2D eigenvalue weighted by Gasteiger charge is 2.29. The highest BCUT2D eigenvalue weighted by Crippen LogP contribution is 2.45. The molecule has 494 valence electrons. The Balaban J connectivity index is 4.69. The van der Waals surface area contributed by atoms with Gasteiger partial charge in [-0.25, -0.2) is 9.13 Å². The molecule has 0 bridgehead atoms. The van der Waals surface area contributed by atoms with E-state index >= 15 is 0 Å². The van der Waals surface area contributed by atoms with Gasteiger partial charge in [-0.05, 0) is 83.5 Å². The second kappa shape index (κ2) is 61.2. The van der Waals surface area contributed by atoms with Gasteiger partial charge in [-0.15, -0.1) is 0 Å². The minimum absolute atomic E-state index is 0.107. The molecule has 85 heavy (non-hydrogen) atoms. The van der Waals surface area contributed by atoms with Crippen LogP contribution in [0.15, 0.2) is 72.9 Å². The van der Waals surface area contributed by atoms with Gasteiger partial charge in [-0.2, -0.15) is 0 Å². The first-order valence-electron chi connectivity index (χ1n) is 33.2. The summed E-state index contributed by atoms with van der Waals surface area (Å²) < 4.78 is 60.8. The van der Waals surface area contributed by atoms with Crippen molar-refractivity contribution in [2.75, 3.05) is 39.6 Å². The Morgan fingerprint density at radius 1 is 0.341 bits per heavy atom. The standard InChI is InChI=1S/C67H120O16P2/c1-4-7-10-13-16-19-22-25-28-30-33-35-38-41-44-47-50-53-65(70)77-56-62(68)57-79-84(73,74)80-58-63(69)59-81-85(75,76)82-61-64(83-67(72)55-52-49-46-43-40-37-32-27-24-21-18-15-12-9-6-3)60-78-66(71)54-51-48-45-42-39-36-34-31-29-26-23-20-17-14-11-8-5-2/h7-8,10-11,16-17,19-20,25-26,28-29,62-64,68-69H,4-6,9,12-15,18,21-24,27,30-61H2,1-3H3,(H,73,74)(H,75,76)/b10-7-,11-8-,19-16-,20-17-,28-25-,29-26-. The summed E-state index contributed by atoms with van der Waals surface area (Å²) >= 11 is 0. The summed E-state index contributed by atoms with van der Waals surface area (Å²) in [5.74, 6) is -1.58. The second-order valence-electron chi connectivity index (χ2n) is 22.2. The van der Waals surface area contributed by atoms with Gasteiger partial charge in [-0.1, -0.05) is 248 Å². The van der Waals surface area contributed by atoms with E-state index in [0.717, 1.165) is 154 Å². The van der Waals surface area contributed by atoms with Crippen LogP contribution in [-0.2, 0) is 55.8 Å². The number of hydrogen-bond acceptors (Lipinski definition) is 14. The molecule has 18 heteroatoms. The van der Waals surface area contributed by atoms with E-state index in [1.807, 2.05) is 0 Å². The summed E-state index contributed by atoms with van der Waals surface area (Å²) in [5, 5.41) is 20.5. The molecule has 0 aliphatic heterocycles. The molecule has 0 rings (SSSR count). The molecule has 4 N–H and O–H groups in total. The molecule has 0 radical (unpaired) electrons. The van der Waals surface area contributed by atoms with Crippen molar-refractivity contribution in [2.45, 2.75) is 296 Å². The smallest absolute Gasteiger partial charge is 0.463 e. The lowest BCUT2D eigenvalue weighted by Crippen LogP contribution is -2.30. The molecule has 16 nitrogen and oxygen atoms in total. The zero-order chi connectivity index (χ0) is 62.4. The van der Waals surface area contributed by atoms with E-state index in [1.54, 1.807) is 0 Å². The van der Waals surface area contributed by atoms with Crippen LogP contribution in [0.2, 0.25) is 0 Å². The number of aliphatic hydroxyl groups is 2. The van der Waals surface area contributed by atoms with Crippen molar-refractivity contribution in [2.24, 2.45) is 0 Å². The number of carbonyl (C=O) groups excluding carboxylic acids is 3. The molecule has 0 aliphatic carbocycles. The largest absolute Gasteiger partial charge is 0.472 e. The Kier molecular flexibility index (Phi) is 59.1. The van der Waals surface area contributed by atoms with Crippen LogP contribution in [0, 0.1) is 0 Å². The molecule has 0 heterocycles. The fraction of sp³-hybridized carbons (Fsp3) is 0.776. The molecule has 5 unspecified atom stereocenters. The maximum atomic E-state index is 12.9. The lowest BCUT2D eigenvalue weighted by atomic mass is 10.0. The Morgan fingerprint density at radius 3 is 0.988 bits per heavy atom. The van der Waals surface area contributed by atoms with Crippen LogP contribution >= 0.6 is 15.6 Å². The maximum Gasteiger partial charge on any atom is 0.472 e. The first kappa shape index (κ1) is 82.0. The van der Waals surface area contributed by atoms with Crippen molar-refractivity contribution in [3.05, 3.63) is 72.9 Å². The monoisotopic (exact) mass is 1240 g/mol. The molecule has 0 aromatic rings. The van der Waals surface area contributed by atoms with E-state index in [2.05, 4.69) is 93.7 Å². The summed E-state index contributed by atoms with van der Waals surface area (Å²) in [6.07, 6.45) is 62.3. The number of rotatable bonds is 63. The summed E-state index contributed by atoms with van der Waals surface area (Å²) in [6.45, 7) is 2.45. The summed E-state index contributed by atoms with van der Waals surface area (Å²) in [4.78, 5) is 58.3. The molecule has 0 spiro atoms. The molecule has 5 atom stereocenters. The number of phosphoric acid groups is 2. The van der Waals surface area contributed by atoms with Gasteiger partial charge in [0.25, 0.3) is 0 Å². The molecule has 0 aliphatic rings. The number of aliphatic hydroxyl groups excluding tert-OH is 2. The molecule has 0 aromatic carbocycles. The minimum atomic E-state index is -4.92. The van der Waals surface area contributed by atoms with Crippen molar-refractivity contribution >= 4 is 33.6 Å². The molecular weight excluding hydrogens is 1120 g/mol. The Hall–Kier alpha value is -3.01. The third-order valence-corrected chi connectivity index (χ3v) is 15.8. The first-order chi connectivity index (χ1) is 41.2. The van der Waals surface area contributed by atoms with Crippen LogP contribution in [0.4, 0.5) is 0 Å². The van der Waals surface area contributed by atoms with E-state index in [4.69, 9.17) is 32.3 Å². The number of esters is 3. The van der Waals surface area contributed by atoms with Crippen molar-refractivity contribution in [1.29, 1.82) is 0 Å². The third-order valence-electron chi connectivity index (χ3n) is 13.9. The Labute approximate surface area is 515 Å². The number of allylic oxidation sites excluding steroid dienone is 12. The summed E-state index contributed by atoms with van der Waals surface area (Å²) in [6, 6.07) is 0. The van der Waals surface area contributed by atoms with Crippen molar-refractivity contribution in [1.82, 2.24) is 0 Å². The lowest BCUT2D eigenvalue weighted by Gasteiger charge is -2.21. The fourth-order valence-electron chi connectivity index (χ4n) is 8.89. The second-order valence-corrected chi connectivity index (χ2v) is 25.1. The average Bonchev–Trinajstić information content (AvgIpc) is 3.48. The number of phosphoric ester groups is 2. The highest BCUT2D eigenvalue weighted by atomic mass is 31.2. The fourth-order valence-corrected chi connectivity index (χ4v) is 10.5. The van der Waals surface area contributed by atoms with Crippen LogP contribution in [-0.4, -0.2) is 95.9 Å². The summed E-state index contributed by atoms with van der Waals surface area (Å²) in [5.41, 5.74) is 0. The maximum absolute atomic E-state index is 12.9. The van der Waals surface area contributed by atoms with Crippen molar-refractivity contribution < 1.29 is 75.8 Å². The number of ether oxygens (including phenoxy) is 3. The highest BCUT2D eigenvalue weighted by molar-refractivity contribution is 7.47. The van der Waals surface area contributed by atoms with E-state index < -0.39 is 91.5 Å². The minimum Gasteiger partial charge on any atom is -0.463 e. The number of hydrogen-bond donors (Lipinski definition) is 4. The van der Waals surface area contributed by atoms with Crippen LogP contribution in [0.1, 0.15) is 278 Å². The van der Waals surface area contributed by atoms with Crippen molar-refractivity contribution in [3.63, 3.8) is 0 Å². The molecule has 0 amide bonds. The van der Waals surface area contributed by atoms with Crippen LogP contribution in [0.5, 0.6) is 0 Å². The van der Waals surface area contributed by atoms with E-state index in [0.29, 0.717) is 19.3 Å². The van der Waals surface area contributed by atoms with Gasteiger partial charge in [-0.3, -0.25) is 32.5 Å². The van der Waals surface area contributed by atoms with Gasteiger partial charge in [0.15, 0.2) is 6.10 Å². The predicted octanol–water partition coefficient (Wildman–Crippen LogP) is 18.0. The van der Waals surface area contributed by atoms with E-state index in [9.17, 15) is 43.5 Å². The Morgan fingerprint density at radius 2 is 0.624 bits per heavy atom. The zero-order valence-electron chi connectivity index (χ0n) is 53.3.